The number of imidazole rings is 1. The molecular weight excluding hydrogens is 490 g/mol. The summed E-state index contributed by atoms with van der Waals surface area (Å²) in [6, 6.07) is 3.00. The van der Waals surface area contributed by atoms with E-state index in [0.717, 1.165) is 44.0 Å². The van der Waals surface area contributed by atoms with Gasteiger partial charge in [-0.1, -0.05) is 0 Å². The maximum atomic E-state index is 13.9. The molecule has 2 fully saturated rings. The van der Waals surface area contributed by atoms with Crippen LogP contribution >= 0.6 is 0 Å². The minimum absolute atomic E-state index is 0.0581. The lowest BCUT2D eigenvalue weighted by molar-refractivity contribution is -0.139. The van der Waals surface area contributed by atoms with E-state index in [9.17, 15) is 22.4 Å². The maximum Gasteiger partial charge on any atom is 0.419 e. The number of alkyl halides is 3. The molecule has 2 aliphatic rings. The van der Waals surface area contributed by atoms with E-state index in [1.807, 2.05) is 9.47 Å². The molecule has 196 valence electrons. The van der Waals surface area contributed by atoms with E-state index in [-0.39, 0.29) is 22.9 Å². The molecule has 0 unspecified atom stereocenters. The van der Waals surface area contributed by atoms with E-state index in [1.165, 1.54) is 12.4 Å². The fourth-order valence-corrected chi connectivity index (χ4v) is 4.94. The number of hydrogen-bond donors (Lipinski definition) is 1. The van der Waals surface area contributed by atoms with Crippen LogP contribution in [0.25, 0.3) is 11.3 Å². The molecular formula is C25H27F4N7O. The number of aldehydes is 1. The van der Waals surface area contributed by atoms with Crippen molar-refractivity contribution in [3.63, 3.8) is 0 Å². The summed E-state index contributed by atoms with van der Waals surface area (Å²) in [5.74, 6) is 0.175. The molecule has 0 aliphatic carbocycles. The molecule has 0 bridgehead atoms. The van der Waals surface area contributed by atoms with Crippen LogP contribution in [0.4, 0.5) is 29.2 Å². The lowest BCUT2D eigenvalue weighted by Gasteiger charge is -2.34. The number of likely N-dealkylation sites (tertiary alicyclic amines) is 1. The first kappa shape index (κ1) is 25.1. The van der Waals surface area contributed by atoms with E-state index in [0.29, 0.717) is 50.3 Å². The minimum Gasteiger partial charge on any atom is -0.383 e. The number of halogens is 4. The summed E-state index contributed by atoms with van der Waals surface area (Å²) >= 11 is 0. The number of piperidine rings is 1. The fourth-order valence-electron chi connectivity index (χ4n) is 4.94. The second-order valence-corrected chi connectivity index (χ2v) is 9.44. The Labute approximate surface area is 211 Å². The Hall–Kier alpha value is -3.54. The number of nitrogens with zero attached hydrogens (tertiary/aromatic N) is 6. The lowest BCUT2D eigenvalue weighted by atomic mass is 9.95. The monoisotopic (exact) mass is 517 g/mol. The Bertz CT molecular complexity index is 1280. The van der Waals surface area contributed by atoms with Gasteiger partial charge in [0.2, 0.25) is 0 Å². The normalized spacial score (nSPS) is 17.1. The predicted octanol–water partition coefficient (Wildman–Crippen LogP) is 3.98. The Morgan fingerprint density at radius 1 is 1.08 bits per heavy atom. The van der Waals surface area contributed by atoms with Crippen LogP contribution in [-0.4, -0.2) is 63.4 Å². The first-order valence-corrected chi connectivity index (χ1v) is 12.2. The van der Waals surface area contributed by atoms with Crippen molar-refractivity contribution in [2.24, 2.45) is 0 Å². The van der Waals surface area contributed by atoms with E-state index in [2.05, 4.69) is 14.9 Å². The molecule has 0 saturated carbocycles. The fraction of sp³-hybridized carbons (Fsp3) is 0.440. The third-order valence-corrected chi connectivity index (χ3v) is 7.15. The Morgan fingerprint density at radius 2 is 1.84 bits per heavy atom. The molecule has 2 aromatic heterocycles. The van der Waals surface area contributed by atoms with Crippen LogP contribution in [0.1, 0.15) is 46.9 Å². The number of nitrogen functional groups attached to an aromatic ring is 1. The van der Waals surface area contributed by atoms with E-state index < -0.39 is 17.6 Å². The zero-order chi connectivity index (χ0) is 26.2. The van der Waals surface area contributed by atoms with Gasteiger partial charge in [0.15, 0.2) is 6.29 Å². The van der Waals surface area contributed by atoms with Crippen molar-refractivity contribution in [2.75, 3.05) is 43.4 Å². The molecule has 0 amide bonds. The number of carbonyl (C=O) groups excluding carboxylic acids is 1. The van der Waals surface area contributed by atoms with Crippen molar-refractivity contribution < 1.29 is 22.4 Å². The molecule has 0 spiro atoms. The van der Waals surface area contributed by atoms with Crippen molar-refractivity contribution in [2.45, 2.75) is 37.9 Å². The third-order valence-electron chi connectivity index (χ3n) is 7.15. The van der Waals surface area contributed by atoms with Crippen LogP contribution in [0.2, 0.25) is 0 Å². The molecule has 5 rings (SSSR count). The van der Waals surface area contributed by atoms with Crippen molar-refractivity contribution in [1.82, 2.24) is 24.4 Å². The summed E-state index contributed by atoms with van der Waals surface area (Å²) in [7, 11) is 0. The second kappa shape index (κ2) is 10.1. The van der Waals surface area contributed by atoms with E-state index >= 15 is 0 Å². The van der Waals surface area contributed by atoms with Gasteiger partial charge in [-0.25, -0.2) is 19.3 Å². The number of rotatable bonds is 7. The molecule has 3 aromatic rings. The summed E-state index contributed by atoms with van der Waals surface area (Å²) in [5, 5.41) is 0. The average molecular weight is 518 g/mol. The van der Waals surface area contributed by atoms with Gasteiger partial charge in [-0.3, -0.25) is 4.79 Å². The molecule has 12 heteroatoms. The number of aromatic nitrogens is 4. The van der Waals surface area contributed by atoms with Crippen LogP contribution in [0.5, 0.6) is 0 Å². The van der Waals surface area contributed by atoms with Crippen LogP contribution in [0.3, 0.4) is 0 Å². The molecule has 37 heavy (non-hydrogen) atoms. The number of nitrogens with two attached hydrogens (primary N) is 1. The Morgan fingerprint density at radius 3 is 2.49 bits per heavy atom. The van der Waals surface area contributed by atoms with E-state index in [4.69, 9.17) is 10.7 Å². The lowest BCUT2D eigenvalue weighted by Crippen LogP contribution is -2.39. The minimum atomic E-state index is -4.79. The van der Waals surface area contributed by atoms with Gasteiger partial charge in [-0.15, -0.1) is 0 Å². The van der Waals surface area contributed by atoms with Gasteiger partial charge in [-0.05, 0) is 50.6 Å². The van der Waals surface area contributed by atoms with Gasteiger partial charge < -0.3 is 20.1 Å². The quantitative estimate of drug-likeness (QED) is 0.374. The zero-order valence-corrected chi connectivity index (χ0v) is 20.1. The molecule has 2 N–H and O–H groups in total. The first-order chi connectivity index (χ1) is 17.7. The standard InChI is InChI=1S/C25H27F4N7O/c26-20-3-2-17(12-19(20)25(27,28)29)21-13-36(11-10-34-6-1-7-34)23(33-21)16-4-8-35(9-5-16)24-18(14-37)22(30)31-15-32-24/h2-3,12-16H,1,4-11H2,(H2,30,31,32). The van der Waals surface area contributed by atoms with Crippen LogP contribution in [-0.2, 0) is 12.7 Å². The van der Waals surface area contributed by atoms with Gasteiger partial charge in [-0.2, -0.15) is 13.2 Å². The number of anilines is 2. The van der Waals surface area contributed by atoms with Gasteiger partial charge in [0.05, 0.1) is 16.8 Å². The van der Waals surface area contributed by atoms with Gasteiger partial charge in [0.25, 0.3) is 0 Å². The molecule has 0 radical (unpaired) electrons. The molecule has 1 aromatic carbocycles. The molecule has 8 nitrogen and oxygen atoms in total. The number of benzene rings is 1. The van der Waals surface area contributed by atoms with Crippen molar-refractivity contribution >= 4 is 17.9 Å². The van der Waals surface area contributed by atoms with Crippen molar-refractivity contribution in [3.05, 3.63) is 53.5 Å². The van der Waals surface area contributed by atoms with Crippen molar-refractivity contribution in [1.29, 1.82) is 0 Å². The second-order valence-electron chi connectivity index (χ2n) is 9.44. The van der Waals surface area contributed by atoms with Crippen LogP contribution in [0, 0.1) is 5.82 Å². The SMILES string of the molecule is Nc1ncnc(N2CCC(c3nc(-c4ccc(F)c(C(F)(F)F)c4)cn3CCN3CCC3)CC2)c1C=O. The summed E-state index contributed by atoms with van der Waals surface area (Å²) in [4.78, 5) is 28.7. The molecule has 4 heterocycles. The van der Waals surface area contributed by atoms with Gasteiger partial charge in [0, 0.05) is 43.9 Å². The highest BCUT2D eigenvalue weighted by molar-refractivity contribution is 5.88. The van der Waals surface area contributed by atoms with Crippen LogP contribution in [0.15, 0.2) is 30.7 Å². The molecule has 2 aliphatic heterocycles. The summed E-state index contributed by atoms with van der Waals surface area (Å²) in [6.45, 7) is 4.75. The van der Waals surface area contributed by atoms with E-state index in [1.54, 1.807) is 6.20 Å². The maximum absolute atomic E-state index is 13.9. The third kappa shape index (κ3) is 5.15. The number of carbonyl (C=O) groups is 1. The zero-order valence-electron chi connectivity index (χ0n) is 20.1. The molecule has 2 saturated heterocycles. The van der Waals surface area contributed by atoms with Gasteiger partial charge >= 0.3 is 6.18 Å². The Kier molecular flexibility index (Phi) is 6.84. The average Bonchev–Trinajstić information content (AvgIpc) is 3.27. The largest absolute Gasteiger partial charge is 0.419 e. The highest BCUT2D eigenvalue weighted by Crippen LogP contribution is 2.36. The smallest absolute Gasteiger partial charge is 0.383 e. The highest BCUT2D eigenvalue weighted by atomic mass is 19.4. The topological polar surface area (TPSA) is 93.2 Å². The summed E-state index contributed by atoms with van der Waals surface area (Å²) < 4.78 is 55.8. The summed E-state index contributed by atoms with van der Waals surface area (Å²) in [6.07, 6.45) is 1.54. The summed E-state index contributed by atoms with van der Waals surface area (Å²) in [5.41, 5.74) is 5.41. The number of hydrogen-bond acceptors (Lipinski definition) is 7. The Balaban J connectivity index is 1.40. The predicted molar refractivity (Wildman–Crippen MR) is 130 cm³/mol. The highest BCUT2D eigenvalue weighted by Gasteiger charge is 2.35. The van der Waals surface area contributed by atoms with Crippen LogP contribution < -0.4 is 10.6 Å². The molecule has 0 atom stereocenters. The van der Waals surface area contributed by atoms with Gasteiger partial charge in [0.1, 0.15) is 29.6 Å². The first-order valence-electron chi connectivity index (χ1n) is 12.2. The van der Waals surface area contributed by atoms with Crippen molar-refractivity contribution in [3.8, 4) is 11.3 Å².